The molecule has 0 spiro atoms. The van der Waals surface area contributed by atoms with E-state index in [4.69, 9.17) is 5.73 Å². The van der Waals surface area contributed by atoms with Crippen molar-refractivity contribution >= 4 is 5.91 Å². The van der Waals surface area contributed by atoms with Gasteiger partial charge in [-0.2, -0.15) is 0 Å². The molecule has 0 saturated heterocycles. The minimum absolute atomic E-state index is 0.252. The van der Waals surface area contributed by atoms with Crippen LogP contribution in [0.5, 0.6) is 0 Å². The summed E-state index contributed by atoms with van der Waals surface area (Å²) in [7, 11) is 2.19. The summed E-state index contributed by atoms with van der Waals surface area (Å²) in [5, 5.41) is 3.30. The maximum Gasteiger partial charge on any atom is 0.237 e. The molecule has 1 amide bonds. The molecule has 0 radical (unpaired) electrons. The number of rotatable bonds is 11. The molecule has 0 aliphatic heterocycles. The van der Waals surface area contributed by atoms with Crippen molar-refractivity contribution in [2.75, 3.05) is 13.6 Å². The molecule has 0 aliphatic carbocycles. The number of nitrogens with one attached hydrogen (secondary N) is 1. The molecule has 4 nitrogen and oxygen atoms in total. The summed E-state index contributed by atoms with van der Waals surface area (Å²) in [5.41, 5.74) is 4.97. The standard InChI is InChI=1S/C17H37N3O/c1-13(2)12-15(5)20(7)11-9-8-10-17(6,16(18)21)19-14(3)4/h13-15,19H,8-12H2,1-7H3,(H2,18,21). The van der Waals surface area contributed by atoms with Crippen LogP contribution in [0.1, 0.15) is 67.2 Å². The van der Waals surface area contributed by atoms with E-state index in [1.807, 2.05) is 20.8 Å². The minimum atomic E-state index is -0.587. The second-order valence-electron chi connectivity index (χ2n) is 7.41. The van der Waals surface area contributed by atoms with Crippen LogP contribution in [0, 0.1) is 5.92 Å². The molecule has 0 aromatic carbocycles. The minimum Gasteiger partial charge on any atom is -0.368 e. The van der Waals surface area contributed by atoms with Crippen molar-refractivity contribution in [2.24, 2.45) is 11.7 Å². The zero-order valence-electron chi connectivity index (χ0n) is 15.2. The Bertz CT molecular complexity index is 304. The molecule has 2 unspecified atom stereocenters. The number of carbonyl (C=O) groups is 1. The SMILES string of the molecule is CC(C)CC(C)N(C)CCCCC(C)(NC(C)C)C(N)=O. The van der Waals surface area contributed by atoms with Gasteiger partial charge in [-0.05, 0) is 72.9 Å². The summed E-state index contributed by atoms with van der Waals surface area (Å²) in [6.45, 7) is 13.9. The number of nitrogens with two attached hydrogens (primary N) is 1. The molecule has 0 aromatic rings. The summed E-state index contributed by atoms with van der Waals surface area (Å²) >= 11 is 0. The molecule has 0 saturated carbocycles. The highest BCUT2D eigenvalue weighted by Gasteiger charge is 2.30. The lowest BCUT2D eigenvalue weighted by Gasteiger charge is -2.30. The van der Waals surface area contributed by atoms with E-state index in [2.05, 4.69) is 38.0 Å². The molecular formula is C17H37N3O. The van der Waals surface area contributed by atoms with Gasteiger partial charge in [-0.1, -0.05) is 13.8 Å². The van der Waals surface area contributed by atoms with Gasteiger partial charge < -0.3 is 16.0 Å². The van der Waals surface area contributed by atoms with Gasteiger partial charge >= 0.3 is 0 Å². The lowest BCUT2D eigenvalue weighted by atomic mass is 9.93. The zero-order chi connectivity index (χ0) is 16.6. The van der Waals surface area contributed by atoms with Gasteiger partial charge in [0.2, 0.25) is 5.91 Å². The van der Waals surface area contributed by atoms with Gasteiger partial charge in [0.1, 0.15) is 0 Å². The van der Waals surface area contributed by atoms with Gasteiger partial charge in [-0.3, -0.25) is 4.79 Å². The van der Waals surface area contributed by atoms with Crippen molar-refractivity contribution in [2.45, 2.75) is 84.8 Å². The third kappa shape index (κ3) is 8.42. The van der Waals surface area contributed by atoms with Crippen molar-refractivity contribution in [1.82, 2.24) is 10.2 Å². The van der Waals surface area contributed by atoms with Crippen LogP contribution in [0.25, 0.3) is 0 Å². The number of hydrogen-bond acceptors (Lipinski definition) is 3. The van der Waals surface area contributed by atoms with Gasteiger partial charge in [-0.15, -0.1) is 0 Å². The van der Waals surface area contributed by atoms with Crippen molar-refractivity contribution in [3.63, 3.8) is 0 Å². The van der Waals surface area contributed by atoms with Gasteiger partial charge in [0.25, 0.3) is 0 Å². The van der Waals surface area contributed by atoms with Crippen LogP contribution >= 0.6 is 0 Å². The van der Waals surface area contributed by atoms with E-state index in [0.717, 1.165) is 31.7 Å². The smallest absolute Gasteiger partial charge is 0.237 e. The third-order valence-electron chi connectivity index (χ3n) is 4.15. The summed E-state index contributed by atoms with van der Waals surface area (Å²) in [5.74, 6) is 0.480. The van der Waals surface area contributed by atoms with Crippen molar-refractivity contribution in [1.29, 1.82) is 0 Å². The molecule has 3 N–H and O–H groups in total. The Morgan fingerprint density at radius 2 is 1.76 bits per heavy atom. The van der Waals surface area contributed by atoms with Crippen molar-refractivity contribution in [3.8, 4) is 0 Å². The molecule has 0 rings (SSSR count). The predicted molar refractivity (Wildman–Crippen MR) is 91.3 cm³/mol. The number of amides is 1. The number of nitrogens with zero attached hydrogens (tertiary/aromatic N) is 1. The number of carbonyl (C=O) groups excluding carboxylic acids is 1. The van der Waals surface area contributed by atoms with Crippen LogP contribution in [0.15, 0.2) is 0 Å². The largest absolute Gasteiger partial charge is 0.368 e. The molecule has 126 valence electrons. The highest BCUT2D eigenvalue weighted by Crippen LogP contribution is 2.16. The van der Waals surface area contributed by atoms with Crippen LogP contribution < -0.4 is 11.1 Å². The molecule has 0 aromatic heterocycles. The topological polar surface area (TPSA) is 58.4 Å². The van der Waals surface area contributed by atoms with Crippen LogP contribution in [0.2, 0.25) is 0 Å². The predicted octanol–water partition coefficient (Wildman–Crippen LogP) is 2.77. The molecule has 0 bridgehead atoms. The summed E-state index contributed by atoms with van der Waals surface area (Å²) in [6.07, 6.45) is 4.14. The van der Waals surface area contributed by atoms with Crippen LogP contribution in [0.4, 0.5) is 0 Å². The highest BCUT2D eigenvalue weighted by molar-refractivity contribution is 5.84. The normalized spacial score (nSPS) is 16.5. The van der Waals surface area contributed by atoms with Gasteiger partial charge in [-0.25, -0.2) is 0 Å². The highest BCUT2D eigenvalue weighted by atomic mass is 16.1. The molecule has 0 aliphatic rings. The third-order valence-corrected chi connectivity index (χ3v) is 4.15. The Hall–Kier alpha value is -0.610. The molecular weight excluding hydrogens is 262 g/mol. The monoisotopic (exact) mass is 299 g/mol. The van der Waals surface area contributed by atoms with Crippen molar-refractivity contribution < 1.29 is 4.79 Å². The summed E-state index contributed by atoms with van der Waals surface area (Å²) < 4.78 is 0. The lowest BCUT2D eigenvalue weighted by molar-refractivity contribution is -0.124. The molecule has 0 heterocycles. The van der Waals surface area contributed by atoms with Gasteiger partial charge in [0, 0.05) is 12.1 Å². The van der Waals surface area contributed by atoms with E-state index in [-0.39, 0.29) is 11.9 Å². The average molecular weight is 300 g/mol. The maximum absolute atomic E-state index is 11.7. The second-order valence-corrected chi connectivity index (χ2v) is 7.41. The van der Waals surface area contributed by atoms with Gasteiger partial charge in [0.05, 0.1) is 5.54 Å². The lowest BCUT2D eigenvalue weighted by Crippen LogP contribution is -2.55. The first-order valence-corrected chi connectivity index (χ1v) is 8.36. The van der Waals surface area contributed by atoms with Crippen LogP contribution in [-0.4, -0.2) is 42.0 Å². The molecule has 21 heavy (non-hydrogen) atoms. The number of primary amides is 1. The zero-order valence-corrected chi connectivity index (χ0v) is 15.2. The first-order chi connectivity index (χ1) is 9.58. The first-order valence-electron chi connectivity index (χ1n) is 8.36. The first kappa shape index (κ1) is 20.4. The van der Waals surface area contributed by atoms with E-state index in [1.165, 1.54) is 6.42 Å². The fraction of sp³-hybridized carbons (Fsp3) is 0.941. The molecule has 0 fully saturated rings. The maximum atomic E-state index is 11.7. The van der Waals surface area contributed by atoms with Crippen LogP contribution in [0.3, 0.4) is 0 Å². The Balaban J connectivity index is 4.14. The Morgan fingerprint density at radius 1 is 1.19 bits per heavy atom. The Labute approximate surface area is 131 Å². The summed E-state index contributed by atoms with van der Waals surface area (Å²) in [4.78, 5) is 14.1. The van der Waals surface area contributed by atoms with E-state index in [9.17, 15) is 4.79 Å². The van der Waals surface area contributed by atoms with E-state index in [0.29, 0.717) is 6.04 Å². The quantitative estimate of drug-likeness (QED) is 0.577. The van der Waals surface area contributed by atoms with E-state index < -0.39 is 5.54 Å². The van der Waals surface area contributed by atoms with Gasteiger partial charge in [0.15, 0.2) is 0 Å². The Morgan fingerprint density at radius 3 is 2.19 bits per heavy atom. The number of hydrogen-bond donors (Lipinski definition) is 2. The fourth-order valence-corrected chi connectivity index (χ4v) is 2.83. The molecule has 2 atom stereocenters. The molecule has 4 heteroatoms. The fourth-order valence-electron chi connectivity index (χ4n) is 2.83. The summed E-state index contributed by atoms with van der Waals surface area (Å²) in [6, 6.07) is 0.873. The second kappa shape index (κ2) is 9.42. The van der Waals surface area contributed by atoms with E-state index >= 15 is 0 Å². The van der Waals surface area contributed by atoms with E-state index in [1.54, 1.807) is 0 Å². The van der Waals surface area contributed by atoms with Crippen molar-refractivity contribution in [3.05, 3.63) is 0 Å². The van der Waals surface area contributed by atoms with Crippen LogP contribution in [-0.2, 0) is 4.79 Å². The number of unbranched alkanes of at least 4 members (excludes halogenated alkanes) is 1. The Kier molecular flexibility index (Phi) is 9.14. The average Bonchev–Trinajstić information content (AvgIpc) is 2.32.